The number of rotatable bonds is 3. The predicted octanol–water partition coefficient (Wildman–Crippen LogP) is 6.12. The fraction of sp³-hybridized carbons (Fsp3) is 0.652. The minimum atomic E-state index is 0.458. The maximum Gasteiger partial charge on any atom is 0.109 e. The van der Waals surface area contributed by atoms with E-state index in [4.69, 9.17) is 0 Å². The molecule has 1 aliphatic heterocycles. The van der Waals surface area contributed by atoms with E-state index in [9.17, 15) is 0 Å². The Hall–Kier alpha value is -1.84. The molecule has 0 bridgehead atoms. The molecule has 0 spiro atoms. The Morgan fingerprint density at radius 1 is 0.852 bits per heavy atom. The Bertz CT molecular complexity index is 699. The number of imidazole rings is 1. The van der Waals surface area contributed by atoms with Crippen molar-refractivity contribution in [1.29, 1.82) is 0 Å². The van der Waals surface area contributed by atoms with Crippen molar-refractivity contribution in [3.05, 3.63) is 29.6 Å². The summed E-state index contributed by atoms with van der Waals surface area (Å²) in [6, 6.07) is 6.48. The molecule has 0 amide bonds. The topological polar surface area (TPSA) is 53.1 Å². The first-order valence-electron chi connectivity index (χ1n) is 10.4. The van der Waals surface area contributed by atoms with Crippen LogP contribution >= 0.6 is 0 Å². The van der Waals surface area contributed by atoms with E-state index in [2.05, 4.69) is 101 Å². The number of benzene rings is 1. The van der Waals surface area contributed by atoms with Gasteiger partial charge in [0.2, 0.25) is 0 Å². The molecule has 0 unspecified atom stereocenters. The Kier molecular flexibility index (Phi) is 9.54. The zero-order valence-corrected chi connectivity index (χ0v) is 18.9. The van der Waals surface area contributed by atoms with Crippen LogP contribution in [0, 0.1) is 11.8 Å². The molecule has 1 aliphatic rings. The number of amidine groups is 1. The SMILES string of the molecule is CC(C)C.CC(C)C1=NCCN1.CC(C)c1ccc2nc(C(C)C)[nH]c2c1. The minimum Gasteiger partial charge on any atom is -0.372 e. The fourth-order valence-electron chi connectivity index (χ4n) is 2.48. The molecule has 4 nitrogen and oxygen atoms in total. The third kappa shape index (κ3) is 8.15. The number of fused-ring (bicyclic) bond motifs is 1. The number of hydrogen-bond donors (Lipinski definition) is 2. The number of aromatic nitrogens is 2. The average molecular weight is 373 g/mol. The van der Waals surface area contributed by atoms with Crippen LogP contribution in [0.4, 0.5) is 0 Å². The highest BCUT2D eigenvalue weighted by Crippen LogP contribution is 2.21. The van der Waals surface area contributed by atoms with Crippen LogP contribution in [-0.4, -0.2) is 28.9 Å². The Morgan fingerprint density at radius 2 is 1.48 bits per heavy atom. The van der Waals surface area contributed by atoms with Gasteiger partial charge in [-0.3, -0.25) is 4.99 Å². The summed E-state index contributed by atoms with van der Waals surface area (Å²) in [6.45, 7) is 21.5. The molecule has 4 heteroatoms. The van der Waals surface area contributed by atoms with E-state index >= 15 is 0 Å². The summed E-state index contributed by atoms with van der Waals surface area (Å²) in [4.78, 5) is 12.2. The lowest BCUT2D eigenvalue weighted by molar-refractivity contribution is 0.737. The number of aliphatic imine (C=N–C) groups is 1. The predicted molar refractivity (Wildman–Crippen MR) is 120 cm³/mol. The first-order chi connectivity index (χ1) is 12.6. The van der Waals surface area contributed by atoms with Gasteiger partial charge in [-0.25, -0.2) is 4.98 Å². The summed E-state index contributed by atoms with van der Waals surface area (Å²) in [5.41, 5.74) is 3.59. The van der Waals surface area contributed by atoms with Gasteiger partial charge in [-0.05, 0) is 29.5 Å². The first kappa shape index (κ1) is 23.2. The van der Waals surface area contributed by atoms with Crippen LogP contribution in [0.15, 0.2) is 23.2 Å². The third-order valence-electron chi connectivity index (χ3n) is 3.98. The molecule has 3 rings (SSSR count). The smallest absolute Gasteiger partial charge is 0.109 e. The van der Waals surface area contributed by atoms with Crippen LogP contribution in [0.5, 0.6) is 0 Å². The molecule has 2 heterocycles. The lowest BCUT2D eigenvalue weighted by Gasteiger charge is -2.03. The van der Waals surface area contributed by atoms with Gasteiger partial charge in [-0.15, -0.1) is 0 Å². The van der Waals surface area contributed by atoms with Crippen molar-refractivity contribution in [3.8, 4) is 0 Å². The maximum atomic E-state index is 4.56. The van der Waals surface area contributed by atoms with Crippen LogP contribution in [0.3, 0.4) is 0 Å². The van der Waals surface area contributed by atoms with Crippen molar-refractivity contribution in [3.63, 3.8) is 0 Å². The number of aromatic amines is 1. The molecule has 0 saturated heterocycles. The standard InChI is InChI=1S/C13H18N2.C6H12N2.C4H10/c1-8(2)10-5-6-11-12(7-10)15-13(14-11)9(3)4;1-5(2)6-7-3-4-8-6;1-4(2)3/h5-9H,1-4H3,(H,14,15);5H,3-4H2,1-2H3,(H,7,8);4H,1-3H3. The van der Waals surface area contributed by atoms with E-state index in [0.717, 1.165) is 35.9 Å². The van der Waals surface area contributed by atoms with Crippen molar-refractivity contribution >= 4 is 16.9 Å². The number of hydrogen-bond acceptors (Lipinski definition) is 3. The van der Waals surface area contributed by atoms with Crippen molar-refractivity contribution in [2.75, 3.05) is 13.1 Å². The van der Waals surface area contributed by atoms with Crippen LogP contribution in [0.25, 0.3) is 11.0 Å². The second-order valence-corrected chi connectivity index (χ2v) is 8.79. The average Bonchev–Trinajstić information content (AvgIpc) is 3.23. The zero-order valence-electron chi connectivity index (χ0n) is 18.9. The maximum absolute atomic E-state index is 4.56. The van der Waals surface area contributed by atoms with Crippen molar-refractivity contribution in [2.24, 2.45) is 16.8 Å². The van der Waals surface area contributed by atoms with Gasteiger partial charge in [0.1, 0.15) is 5.82 Å². The third-order valence-corrected chi connectivity index (χ3v) is 3.98. The van der Waals surface area contributed by atoms with Gasteiger partial charge in [0, 0.05) is 18.4 Å². The van der Waals surface area contributed by atoms with Gasteiger partial charge in [0.25, 0.3) is 0 Å². The molecule has 27 heavy (non-hydrogen) atoms. The molecule has 0 aliphatic carbocycles. The molecule has 1 aromatic heterocycles. The van der Waals surface area contributed by atoms with Crippen molar-refractivity contribution in [2.45, 2.75) is 74.1 Å². The lowest BCUT2D eigenvalue weighted by atomic mass is 10.0. The summed E-state index contributed by atoms with van der Waals surface area (Å²) in [5, 5.41) is 3.21. The van der Waals surface area contributed by atoms with Gasteiger partial charge in [0.15, 0.2) is 0 Å². The monoisotopic (exact) mass is 372 g/mol. The van der Waals surface area contributed by atoms with Gasteiger partial charge in [-0.1, -0.05) is 68.4 Å². The summed E-state index contributed by atoms with van der Waals surface area (Å²) in [5.74, 6) is 4.69. The second-order valence-electron chi connectivity index (χ2n) is 8.79. The number of H-pyrrole nitrogens is 1. The Morgan fingerprint density at radius 3 is 1.89 bits per heavy atom. The van der Waals surface area contributed by atoms with Gasteiger partial charge < -0.3 is 10.3 Å². The highest BCUT2D eigenvalue weighted by Gasteiger charge is 2.08. The van der Waals surface area contributed by atoms with E-state index in [1.54, 1.807) is 0 Å². The van der Waals surface area contributed by atoms with E-state index in [0.29, 0.717) is 17.8 Å². The summed E-state index contributed by atoms with van der Waals surface area (Å²) < 4.78 is 0. The van der Waals surface area contributed by atoms with Gasteiger partial charge in [-0.2, -0.15) is 0 Å². The molecule has 0 fully saturated rings. The van der Waals surface area contributed by atoms with Crippen LogP contribution in [0.1, 0.15) is 85.5 Å². The summed E-state index contributed by atoms with van der Waals surface area (Å²) >= 11 is 0. The van der Waals surface area contributed by atoms with Gasteiger partial charge >= 0.3 is 0 Å². The largest absolute Gasteiger partial charge is 0.372 e. The lowest BCUT2D eigenvalue weighted by Crippen LogP contribution is -2.23. The highest BCUT2D eigenvalue weighted by molar-refractivity contribution is 5.85. The van der Waals surface area contributed by atoms with Crippen LogP contribution in [-0.2, 0) is 0 Å². The second kappa shape index (κ2) is 11.1. The molecular weight excluding hydrogens is 332 g/mol. The number of nitrogens with one attached hydrogen (secondary N) is 2. The van der Waals surface area contributed by atoms with Crippen molar-refractivity contribution in [1.82, 2.24) is 15.3 Å². The molecule has 2 N–H and O–H groups in total. The molecule has 1 aromatic carbocycles. The van der Waals surface area contributed by atoms with E-state index < -0.39 is 0 Å². The van der Waals surface area contributed by atoms with Crippen LogP contribution < -0.4 is 5.32 Å². The van der Waals surface area contributed by atoms with Crippen LogP contribution in [0.2, 0.25) is 0 Å². The summed E-state index contributed by atoms with van der Waals surface area (Å²) in [7, 11) is 0. The molecule has 0 atom stereocenters. The van der Waals surface area contributed by atoms with E-state index in [1.165, 1.54) is 11.4 Å². The first-order valence-corrected chi connectivity index (χ1v) is 10.4. The summed E-state index contributed by atoms with van der Waals surface area (Å²) in [6.07, 6.45) is 0. The molecule has 152 valence electrons. The Labute approximate surface area is 166 Å². The molecule has 0 radical (unpaired) electrons. The highest BCUT2D eigenvalue weighted by atomic mass is 15.1. The quantitative estimate of drug-likeness (QED) is 0.682. The van der Waals surface area contributed by atoms with Gasteiger partial charge in [0.05, 0.1) is 23.4 Å². The number of nitrogens with zero attached hydrogens (tertiary/aromatic N) is 2. The molecule has 2 aromatic rings. The van der Waals surface area contributed by atoms with E-state index in [-0.39, 0.29) is 0 Å². The van der Waals surface area contributed by atoms with Crippen molar-refractivity contribution < 1.29 is 0 Å². The Balaban J connectivity index is 0.000000254. The normalized spacial score (nSPS) is 13.4. The van der Waals surface area contributed by atoms with E-state index in [1.807, 2.05) is 0 Å². The fourth-order valence-corrected chi connectivity index (χ4v) is 2.48. The molecular formula is C23H40N4. The zero-order chi connectivity index (χ0) is 20.6. The minimum absolute atomic E-state index is 0.458. The molecule has 0 saturated carbocycles.